The Bertz CT molecular complexity index is 1620. The lowest BCUT2D eigenvalue weighted by Gasteiger charge is -2.25. The van der Waals surface area contributed by atoms with E-state index in [1.165, 1.54) is 23.8 Å². The molecule has 0 saturated heterocycles. The third kappa shape index (κ3) is 5.57. The number of aromatic nitrogens is 3. The second-order valence-electron chi connectivity index (χ2n) is 8.84. The Labute approximate surface area is 227 Å². The second-order valence-corrected chi connectivity index (χ2v) is 10.7. The van der Waals surface area contributed by atoms with Gasteiger partial charge in [0.25, 0.3) is 5.56 Å². The van der Waals surface area contributed by atoms with Gasteiger partial charge in [0, 0.05) is 23.9 Å². The van der Waals surface area contributed by atoms with Crippen LogP contribution in [0.3, 0.4) is 0 Å². The zero-order valence-corrected chi connectivity index (χ0v) is 23.1. The SMILES string of the molecule is CCOCc1nc(=O)c(S(=O)(=O)c2ccc(-c3ccc(OC)nc3C)cc2)c(O)n1C(CC)c1ccccc1. The maximum atomic E-state index is 13.7. The summed E-state index contributed by atoms with van der Waals surface area (Å²) in [5, 5.41) is 11.4. The summed E-state index contributed by atoms with van der Waals surface area (Å²) in [5.41, 5.74) is 2.05. The molecule has 10 heteroatoms. The summed E-state index contributed by atoms with van der Waals surface area (Å²) in [6.07, 6.45) is 0.505. The Hall–Kier alpha value is -4.02. The average molecular weight is 550 g/mol. The standard InChI is InChI=1S/C29H31N3O6S/c1-5-24(21-10-8-7-9-11-21)32-25(18-38-6-2)31-28(33)27(29(32)34)39(35,36)22-14-12-20(13-15-22)23-16-17-26(37-4)30-19(23)3/h7-17,24,34H,5-6,18H2,1-4H3. The van der Waals surface area contributed by atoms with Crippen LogP contribution in [0, 0.1) is 6.92 Å². The Morgan fingerprint density at radius 1 is 0.974 bits per heavy atom. The molecule has 0 fully saturated rings. The van der Waals surface area contributed by atoms with Gasteiger partial charge in [0.05, 0.1) is 18.0 Å². The van der Waals surface area contributed by atoms with Crippen LogP contribution in [0.15, 0.2) is 81.3 Å². The summed E-state index contributed by atoms with van der Waals surface area (Å²) in [5.74, 6) is -0.0464. The Morgan fingerprint density at radius 2 is 1.67 bits per heavy atom. The van der Waals surface area contributed by atoms with E-state index in [2.05, 4.69) is 9.97 Å². The molecule has 204 valence electrons. The average Bonchev–Trinajstić information content (AvgIpc) is 2.94. The van der Waals surface area contributed by atoms with Gasteiger partial charge in [-0.25, -0.2) is 13.4 Å². The molecular formula is C29H31N3O6S. The molecule has 0 aliphatic carbocycles. The highest BCUT2D eigenvalue weighted by Crippen LogP contribution is 2.34. The van der Waals surface area contributed by atoms with Gasteiger partial charge in [-0.05, 0) is 49.6 Å². The smallest absolute Gasteiger partial charge is 0.296 e. The van der Waals surface area contributed by atoms with Crippen LogP contribution in [-0.2, 0) is 21.2 Å². The van der Waals surface area contributed by atoms with Crippen LogP contribution in [-0.4, -0.2) is 41.8 Å². The highest BCUT2D eigenvalue weighted by Gasteiger charge is 2.32. The molecule has 2 aromatic carbocycles. The molecule has 4 aromatic rings. The Morgan fingerprint density at radius 3 is 2.26 bits per heavy atom. The number of pyridine rings is 1. The highest BCUT2D eigenvalue weighted by atomic mass is 32.2. The van der Waals surface area contributed by atoms with Gasteiger partial charge >= 0.3 is 0 Å². The quantitative estimate of drug-likeness (QED) is 0.302. The van der Waals surface area contributed by atoms with Crippen molar-refractivity contribution >= 4 is 9.84 Å². The lowest BCUT2D eigenvalue weighted by Crippen LogP contribution is -2.28. The molecule has 0 saturated carbocycles. The van der Waals surface area contributed by atoms with E-state index in [4.69, 9.17) is 9.47 Å². The fraction of sp³-hybridized carbons (Fsp3) is 0.276. The van der Waals surface area contributed by atoms with Crippen molar-refractivity contribution in [2.24, 2.45) is 0 Å². The number of nitrogens with zero attached hydrogens (tertiary/aromatic N) is 3. The third-order valence-electron chi connectivity index (χ3n) is 6.47. The number of aryl methyl sites for hydroxylation is 1. The number of ether oxygens (including phenoxy) is 2. The van der Waals surface area contributed by atoms with Gasteiger partial charge in [-0.15, -0.1) is 0 Å². The van der Waals surface area contributed by atoms with Crippen LogP contribution in [0.5, 0.6) is 11.8 Å². The van der Waals surface area contributed by atoms with Crippen molar-refractivity contribution in [3.8, 4) is 22.9 Å². The summed E-state index contributed by atoms with van der Waals surface area (Å²) in [6, 6.07) is 18.5. The van der Waals surface area contributed by atoms with Crippen LogP contribution >= 0.6 is 0 Å². The minimum Gasteiger partial charge on any atom is -0.493 e. The molecular weight excluding hydrogens is 518 g/mol. The van der Waals surface area contributed by atoms with Crippen molar-refractivity contribution in [2.75, 3.05) is 13.7 Å². The lowest BCUT2D eigenvalue weighted by atomic mass is 10.0. The Balaban J connectivity index is 1.83. The van der Waals surface area contributed by atoms with E-state index in [0.717, 1.165) is 16.7 Å². The third-order valence-corrected chi connectivity index (χ3v) is 8.25. The molecule has 1 atom stereocenters. The molecule has 0 amide bonds. The van der Waals surface area contributed by atoms with E-state index in [1.54, 1.807) is 25.1 Å². The van der Waals surface area contributed by atoms with Crippen LogP contribution in [0.25, 0.3) is 11.1 Å². The van der Waals surface area contributed by atoms with Crippen molar-refractivity contribution in [2.45, 2.75) is 49.6 Å². The van der Waals surface area contributed by atoms with Crippen molar-refractivity contribution in [1.29, 1.82) is 0 Å². The molecule has 0 radical (unpaired) electrons. The largest absolute Gasteiger partial charge is 0.493 e. The summed E-state index contributed by atoms with van der Waals surface area (Å²) >= 11 is 0. The van der Waals surface area contributed by atoms with Crippen molar-refractivity contribution in [1.82, 2.24) is 14.5 Å². The monoisotopic (exact) mass is 549 g/mol. The van der Waals surface area contributed by atoms with Gasteiger partial charge in [-0.3, -0.25) is 9.36 Å². The maximum Gasteiger partial charge on any atom is 0.296 e. The molecule has 0 aliphatic heterocycles. The maximum absolute atomic E-state index is 13.7. The number of benzene rings is 2. The van der Waals surface area contributed by atoms with E-state index in [0.29, 0.717) is 24.6 Å². The number of hydrogen-bond acceptors (Lipinski definition) is 8. The van der Waals surface area contributed by atoms with Crippen LogP contribution < -0.4 is 10.3 Å². The van der Waals surface area contributed by atoms with E-state index in [1.807, 2.05) is 50.2 Å². The molecule has 4 rings (SSSR count). The first-order chi connectivity index (χ1) is 18.7. The number of methoxy groups -OCH3 is 1. The molecule has 0 aliphatic rings. The van der Waals surface area contributed by atoms with Crippen molar-refractivity contribution < 1.29 is 23.0 Å². The fourth-order valence-electron chi connectivity index (χ4n) is 4.54. The molecule has 0 bridgehead atoms. The van der Waals surface area contributed by atoms with Crippen molar-refractivity contribution in [3.05, 3.63) is 94.2 Å². The van der Waals surface area contributed by atoms with Gasteiger partial charge < -0.3 is 14.6 Å². The summed E-state index contributed by atoms with van der Waals surface area (Å²) in [7, 11) is -2.89. The minimum absolute atomic E-state index is 0.0626. The van der Waals surface area contributed by atoms with E-state index in [-0.39, 0.29) is 17.3 Å². The molecule has 39 heavy (non-hydrogen) atoms. The number of aromatic hydroxyl groups is 1. The molecule has 1 N–H and O–H groups in total. The van der Waals surface area contributed by atoms with Gasteiger partial charge in [0.2, 0.25) is 21.6 Å². The minimum atomic E-state index is -4.43. The van der Waals surface area contributed by atoms with E-state index in [9.17, 15) is 18.3 Å². The summed E-state index contributed by atoms with van der Waals surface area (Å²) < 4.78 is 39.5. The van der Waals surface area contributed by atoms with Gasteiger partial charge in [0.15, 0.2) is 4.90 Å². The number of sulfone groups is 1. The van der Waals surface area contributed by atoms with Gasteiger partial charge in [-0.2, -0.15) is 4.98 Å². The van der Waals surface area contributed by atoms with Crippen LogP contribution in [0.1, 0.15) is 43.4 Å². The molecule has 0 spiro atoms. The lowest BCUT2D eigenvalue weighted by molar-refractivity contribution is 0.121. The molecule has 2 heterocycles. The van der Waals surface area contributed by atoms with Crippen LogP contribution in [0.2, 0.25) is 0 Å². The Kier molecular flexibility index (Phi) is 8.47. The van der Waals surface area contributed by atoms with E-state index >= 15 is 0 Å². The predicted octanol–water partition coefficient (Wildman–Crippen LogP) is 4.70. The van der Waals surface area contributed by atoms with Gasteiger partial charge in [0.1, 0.15) is 12.4 Å². The van der Waals surface area contributed by atoms with Crippen molar-refractivity contribution in [3.63, 3.8) is 0 Å². The summed E-state index contributed by atoms with van der Waals surface area (Å²) in [4.78, 5) is 20.6. The second kappa shape index (κ2) is 11.8. The zero-order valence-electron chi connectivity index (χ0n) is 22.3. The first-order valence-electron chi connectivity index (χ1n) is 12.6. The zero-order chi connectivity index (χ0) is 28.2. The normalized spacial score (nSPS) is 12.3. The molecule has 1 unspecified atom stereocenters. The van der Waals surface area contributed by atoms with Gasteiger partial charge in [-0.1, -0.05) is 49.4 Å². The number of hydrogen-bond donors (Lipinski definition) is 1. The molecule has 9 nitrogen and oxygen atoms in total. The first kappa shape index (κ1) is 28.0. The first-order valence-corrected chi connectivity index (χ1v) is 14.0. The predicted molar refractivity (Wildman–Crippen MR) is 147 cm³/mol. The number of rotatable bonds is 10. The topological polar surface area (TPSA) is 121 Å². The fourth-order valence-corrected chi connectivity index (χ4v) is 5.88. The molecule has 2 aromatic heterocycles. The van der Waals surface area contributed by atoms with E-state index < -0.39 is 32.2 Å². The summed E-state index contributed by atoms with van der Waals surface area (Å²) in [6.45, 7) is 5.82. The van der Waals surface area contributed by atoms with Crippen LogP contribution in [0.4, 0.5) is 0 Å². The highest BCUT2D eigenvalue weighted by molar-refractivity contribution is 7.91.